The fraction of sp³-hybridized carbons (Fsp3) is 0.450. The summed E-state index contributed by atoms with van der Waals surface area (Å²) in [6.07, 6.45) is -2.77. The average molecular weight is 479 g/mol. The molecule has 4 heterocycles. The van der Waals surface area contributed by atoms with Crippen LogP contribution >= 0.6 is 0 Å². The highest BCUT2D eigenvalue weighted by Crippen LogP contribution is 2.28. The number of nitrogens with zero attached hydrogens (tertiary/aromatic N) is 7. The van der Waals surface area contributed by atoms with E-state index in [2.05, 4.69) is 35.0 Å². The molecule has 1 atom stereocenters. The van der Waals surface area contributed by atoms with Gasteiger partial charge in [0, 0.05) is 38.8 Å². The lowest BCUT2D eigenvalue weighted by molar-refractivity contribution is -0.154. The van der Waals surface area contributed by atoms with E-state index in [1.54, 1.807) is 29.7 Å². The molecule has 0 saturated carbocycles. The highest BCUT2D eigenvalue weighted by molar-refractivity contribution is 5.91. The van der Waals surface area contributed by atoms with Crippen molar-refractivity contribution < 1.29 is 22.7 Å². The van der Waals surface area contributed by atoms with Gasteiger partial charge in [0.25, 0.3) is 0 Å². The number of nitrogens with one attached hydrogen (secondary N) is 1. The lowest BCUT2D eigenvalue weighted by atomic mass is 10.2. The Morgan fingerprint density at radius 3 is 2.71 bits per heavy atom. The van der Waals surface area contributed by atoms with Crippen molar-refractivity contribution >= 4 is 34.5 Å². The molecule has 3 aromatic heterocycles. The minimum Gasteiger partial charge on any atom is -0.468 e. The van der Waals surface area contributed by atoms with E-state index >= 15 is 0 Å². The summed E-state index contributed by atoms with van der Waals surface area (Å²) in [4.78, 5) is 29.2. The van der Waals surface area contributed by atoms with Crippen LogP contribution in [0.15, 0.2) is 18.3 Å². The zero-order valence-corrected chi connectivity index (χ0v) is 18.8. The predicted molar refractivity (Wildman–Crippen MR) is 119 cm³/mol. The van der Waals surface area contributed by atoms with E-state index in [0.29, 0.717) is 42.5 Å². The second-order valence-electron chi connectivity index (χ2n) is 8.02. The molecular formula is C20H24F3N9O2. The van der Waals surface area contributed by atoms with Crippen LogP contribution in [0.1, 0.15) is 12.6 Å². The third-order valence-electron chi connectivity index (χ3n) is 5.46. The van der Waals surface area contributed by atoms with Crippen LogP contribution in [0.5, 0.6) is 5.88 Å². The summed E-state index contributed by atoms with van der Waals surface area (Å²) >= 11 is 0. The number of ether oxygens (including phenoxy) is 1. The summed E-state index contributed by atoms with van der Waals surface area (Å²) in [6, 6.07) is 2.34. The van der Waals surface area contributed by atoms with Crippen molar-refractivity contribution in [3.05, 3.63) is 24.0 Å². The second-order valence-corrected chi connectivity index (χ2v) is 8.02. The normalized spacial score (nSPS) is 16.7. The molecule has 1 aliphatic heterocycles. The molecule has 1 aliphatic rings. The van der Waals surface area contributed by atoms with Crippen molar-refractivity contribution in [2.75, 3.05) is 42.2 Å². The van der Waals surface area contributed by atoms with Crippen molar-refractivity contribution in [3.63, 3.8) is 0 Å². The van der Waals surface area contributed by atoms with E-state index in [1.807, 2.05) is 6.92 Å². The van der Waals surface area contributed by atoms with E-state index in [-0.39, 0.29) is 23.9 Å². The minimum absolute atomic E-state index is 0.0745. The van der Waals surface area contributed by atoms with Crippen molar-refractivity contribution in [2.45, 2.75) is 26.1 Å². The summed E-state index contributed by atoms with van der Waals surface area (Å²) in [5.74, 6) is 0.641. The largest absolute Gasteiger partial charge is 0.468 e. The number of carbonyl (C=O) groups is 1. The number of aromatic nitrogens is 5. The number of nitrogens with two attached hydrogens (primary N) is 1. The summed E-state index contributed by atoms with van der Waals surface area (Å²) in [5.41, 5.74) is 7.25. The van der Waals surface area contributed by atoms with Crippen LogP contribution in [0.4, 0.5) is 35.4 Å². The number of aryl methyl sites for hydroxylation is 2. The zero-order chi connectivity index (χ0) is 24.6. The number of piperazine rings is 1. The van der Waals surface area contributed by atoms with E-state index in [4.69, 9.17) is 5.73 Å². The fourth-order valence-electron chi connectivity index (χ4n) is 3.80. The number of hydrogen-bond donors (Lipinski definition) is 2. The van der Waals surface area contributed by atoms with Crippen LogP contribution in [0.3, 0.4) is 0 Å². The Bertz CT molecular complexity index is 1210. The maximum absolute atomic E-state index is 12.8. The number of carbonyl (C=O) groups excluding carboxylic acids is 1. The Kier molecular flexibility index (Phi) is 6.06. The number of anilines is 3. The summed E-state index contributed by atoms with van der Waals surface area (Å²) in [7, 11) is 1.77. The molecule has 3 aromatic rings. The standard InChI is InChI=1S/C20H24F3N9O2/c1-11-9-31(6-7-32(11)17-13-8-25-30(3)16(13)28-18(24)29-17)19(33)27-14-4-5-15(26-12(14)2)34-10-20(21,22)23/h4-5,8,11H,6-7,9-10H2,1-3H3,(H,27,33)(H2,24,28,29)/t11-/m0/s1. The number of amides is 2. The molecule has 0 spiro atoms. The summed E-state index contributed by atoms with van der Waals surface area (Å²) in [5, 5.41) is 7.77. The predicted octanol–water partition coefficient (Wildman–Crippen LogP) is 2.33. The Balaban J connectivity index is 1.42. The van der Waals surface area contributed by atoms with Crippen molar-refractivity contribution in [1.29, 1.82) is 0 Å². The number of fused-ring (bicyclic) bond motifs is 1. The van der Waals surface area contributed by atoms with Crippen LogP contribution in [0.2, 0.25) is 0 Å². The third-order valence-corrected chi connectivity index (χ3v) is 5.46. The fourth-order valence-corrected chi connectivity index (χ4v) is 3.80. The van der Waals surface area contributed by atoms with Crippen molar-refractivity contribution in [2.24, 2.45) is 7.05 Å². The summed E-state index contributed by atoms with van der Waals surface area (Å²) in [6.45, 7) is 3.46. The van der Waals surface area contributed by atoms with Gasteiger partial charge in [-0.15, -0.1) is 0 Å². The second kappa shape index (κ2) is 8.83. The molecule has 0 radical (unpaired) electrons. The van der Waals surface area contributed by atoms with Gasteiger partial charge >= 0.3 is 12.2 Å². The van der Waals surface area contributed by atoms with Gasteiger partial charge < -0.3 is 25.6 Å². The number of hydrogen-bond acceptors (Lipinski definition) is 8. The molecule has 0 unspecified atom stereocenters. The Morgan fingerprint density at radius 2 is 2.03 bits per heavy atom. The maximum atomic E-state index is 12.8. The van der Waals surface area contributed by atoms with Gasteiger partial charge in [0.1, 0.15) is 5.82 Å². The number of halogens is 3. The Labute approximate surface area is 192 Å². The van der Waals surface area contributed by atoms with Crippen LogP contribution in [0, 0.1) is 6.92 Å². The first kappa shape index (κ1) is 23.3. The molecule has 4 rings (SSSR count). The highest BCUT2D eigenvalue weighted by Gasteiger charge is 2.30. The van der Waals surface area contributed by atoms with E-state index in [9.17, 15) is 18.0 Å². The minimum atomic E-state index is -4.46. The molecule has 14 heteroatoms. The van der Waals surface area contributed by atoms with Gasteiger partial charge in [-0.2, -0.15) is 28.2 Å². The van der Waals surface area contributed by atoms with Gasteiger partial charge in [0.05, 0.1) is 23.0 Å². The van der Waals surface area contributed by atoms with Crippen LogP contribution in [0.25, 0.3) is 11.0 Å². The van der Waals surface area contributed by atoms with E-state index in [1.165, 1.54) is 12.1 Å². The zero-order valence-electron chi connectivity index (χ0n) is 18.8. The smallest absolute Gasteiger partial charge is 0.422 e. The first-order chi connectivity index (χ1) is 16.0. The van der Waals surface area contributed by atoms with Gasteiger partial charge in [0.15, 0.2) is 12.3 Å². The van der Waals surface area contributed by atoms with Crippen LogP contribution in [-0.4, -0.2) is 74.1 Å². The van der Waals surface area contributed by atoms with Gasteiger partial charge in [-0.1, -0.05) is 0 Å². The van der Waals surface area contributed by atoms with Gasteiger partial charge in [-0.05, 0) is 19.9 Å². The first-order valence-electron chi connectivity index (χ1n) is 10.5. The molecule has 182 valence electrons. The molecule has 1 fully saturated rings. The molecule has 0 aromatic carbocycles. The number of nitrogen functional groups attached to an aromatic ring is 1. The van der Waals surface area contributed by atoms with E-state index in [0.717, 1.165) is 5.39 Å². The average Bonchev–Trinajstić information content (AvgIpc) is 3.13. The van der Waals surface area contributed by atoms with Gasteiger partial charge in [-0.3, -0.25) is 4.68 Å². The van der Waals surface area contributed by atoms with Crippen molar-refractivity contribution in [3.8, 4) is 5.88 Å². The van der Waals surface area contributed by atoms with Crippen LogP contribution in [-0.2, 0) is 7.05 Å². The summed E-state index contributed by atoms with van der Waals surface area (Å²) < 4.78 is 43.3. The molecule has 34 heavy (non-hydrogen) atoms. The van der Waals surface area contributed by atoms with Crippen molar-refractivity contribution in [1.82, 2.24) is 29.6 Å². The monoisotopic (exact) mass is 479 g/mol. The highest BCUT2D eigenvalue weighted by atomic mass is 19.4. The van der Waals surface area contributed by atoms with Gasteiger partial charge in [0.2, 0.25) is 11.8 Å². The number of rotatable bonds is 4. The molecule has 2 amide bonds. The molecule has 0 aliphatic carbocycles. The number of alkyl halides is 3. The molecule has 1 saturated heterocycles. The Hall–Kier alpha value is -3.84. The third kappa shape index (κ3) is 4.89. The number of urea groups is 1. The first-order valence-corrected chi connectivity index (χ1v) is 10.5. The molecular weight excluding hydrogens is 455 g/mol. The SMILES string of the molecule is Cc1nc(OCC(F)(F)F)ccc1NC(=O)N1CCN(c2nc(N)nc3c2cnn3C)[C@@H](C)C1. The van der Waals surface area contributed by atoms with Crippen LogP contribution < -0.4 is 20.7 Å². The quantitative estimate of drug-likeness (QED) is 0.584. The lowest BCUT2D eigenvalue weighted by Crippen LogP contribution is -2.55. The Morgan fingerprint density at radius 1 is 1.26 bits per heavy atom. The lowest BCUT2D eigenvalue weighted by Gasteiger charge is -2.40. The topological polar surface area (TPSA) is 127 Å². The maximum Gasteiger partial charge on any atom is 0.422 e. The van der Waals surface area contributed by atoms with E-state index < -0.39 is 12.8 Å². The molecule has 11 nitrogen and oxygen atoms in total. The molecule has 0 bridgehead atoms. The molecule has 3 N–H and O–H groups in total. The van der Waals surface area contributed by atoms with Gasteiger partial charge in [-0.25, -0.2) is 9.78 Å². The number of pyridine rings is 1.